The van der Waals surface area contributed by atoms with Gasteiger partial charge in [-0.05, 0) is 0 Å². The topological polar surface area (TPSA) is 88.9 Å². The number of nitrogens with zero attached hydrogens (tertiary/aromatic N) is 3. The molecule has 6 heteroatoms. The highest BCUT2D eigenvalue weighted by atomic mass is 32.1. The Morgan fingerprint density at radius 2 is 1.94 bits per heavy atom. The van der Waals surface area contributed by atoms with E-state index in [4.69, 9.17) is 16.3 Å². The van der Waals surface area contributed by atoms with Crippen LogP contribution in [0.2, 0.25) is 0 Å². The summed E-state index contributed by atoms with van der Waals surface area (Å²) < 4.78 is 0. The molecule has 3 N–H and O–H groups in total. The van der Waals surface area contributed by atoms with Crippen molar-refractivity contribution >= 4 is 22.0 Å². The Morgan fingerprint density at radius 3 is 2.50 bits per heavy atom. The molecule has 0 unspecified atom stereocenters. The van der Waals surface area contributed by atoms with Gasteiger partial charge in [-0.1, -0.05) is 0 Å². The smallest absolute Gasteiger partial charge is 0.131 e. The zero-order chi connectivity index (χ0) is 11.5. The van der Waals surface area contributed by atoms with Crippen LogP contribution in [0.15, 0.2) is 0 Å². The number of nitrogens with one attached hydrogen (secondary N) is 1. The maximum atomic E-state index is 9.06. The van der Waals surface area contributed by atoms with E-state index in [2.05, 4.69) is 16.3 Å². The molecule has 0 amide bonds. The zero-order valence-corrected chi connectivity index (χ0v) is 9.47. The second-order valence-corrected chi connectivity index (χ2v) is 4.48. The van der Waals surface area contributed by atoms with Crippen LogP contribution < -0.4 is 16.0 Å². The monoisotopic (exact) mass is 233 g/mol. The van der Waals surface area contributed by atoms with Crippen molar-refractivity contribution in [3.8, 4) is 12.1 Å². The summed E-state index contributed by atoms with van der Waals surface area (Å²) in [6, 6.07) is 4.12. The second kappa shape index (κ2) is 4.40. The van der Waals surface area contributed by atoms with E-state index in [1.54, 1.807) is 0 Å². The van der Waals surface area contributed by atoms with Gasteiger partial charge in [-0.25, -0.2) is 0 Å². The van der Waals surface area contributed by atoms with E-state index in [1.165, 1.54) is 11.3 Å². The van der Waals surface area contributed by atoms with Gasteiger partial charge in [0, 0.05) is 26.2 Å². The number of nitrogens with two attached hydrogens (primary N) is 1. The van der Waals surface area contributed by atoms with Crippen molar-refractivity contribution in [1.29, 1.82) is 10.5 Å². The maximum Gasteiger partial charge on any atom is 0.131 e. The van der Waals surface area contributed by atoms with Crippen molar-refractivity contribution in [2.75, 3.05) is 36.8 Å². The van der Waals surface area contributed by atoms with E-state index in [1.807, 2.05) is 6.07 Å². The minimum Gasteiger partial charge on any atom is -0.396 e. The van der Waals surface area contributed by atoms with Gasteiger partial charge in [0.05, 0.1) is 5.69 Å². The number of nitriles is 2. The Balaban J connectivity index is 2.40. The van der Waals surface area contributed by atoms with Crippen LogP contribution in [0.5, 0.6) is 0 Å². The van der Waals surface area contributed by atoms with E-state index in [-0.39, 0.29) is 0 Å². The number of thiophene rings is 1. The van der Waals surface area contributed by atoms with Crippen LogP contribution >= 0.6 is 11.3 Å². The number of anilines is 2. The fourth-order valence-electron chi connectivity index (χ4n) is 1.71. The van der Waals surface area contributed by atoms with E-state index < -0.39 is 0 Å². The summed E-state index contributed by atoms with van der Waals surface area (Å²) in [4.78, 5) is 2.54. The van der Waals surface area contributed by atoms with E-state index in [9.17, 15) is 0 Å². The summed E-state index contributed by atoms with van der Waals surface area (Å²) in [6.45, 7) is 3.48. The van der Waals surface area contributed by atoms with Gasteiger partial charge < -0.3 is 16.0 Å². The third kappa shape index (κ3) is 1.69. The van der Waals surface area contributed by atoms with Crippen molar-refractivity contribution < 1.29 is 0 Å². The molecule has 1 aromatic rings. The standard InChI is InChI=1S/C10H11N5S/c11-5-7-9(13)8(6-12)16-10(7)15-3-1-14-2-4-15/h14H,1-4,13H2. The Bertz CT molecular complexity index is 473. The first-order valence-corrected chi connectivity index (χ1v) is 5.77. The molecular weight excluding hydrogens is 222 g/mol. The molecule has 0 spiro atoms. The molecule has 1 saturated heterocycles. The number of piperazine rings is 1. The Hall–Kier alpha value is -1.76. The van der Waals surface area contributed by atoms with Gasteiger partial charge in [0.15, 0.2) is 0 Å². The van der Waals surface area contributed by atoms with Crippen LogP contribution in [-0.2, 0) is 0 Å². The van der Waals surface area contributed by atoms with Gasteiger partial charge in [0.25, 0.3) is 0 Å². The molecule has 82 valence electrons. The number of hydrogen-bond acceptors (Lipinski definition) is 6. The van der Waals surface area contributed by atoms with Gasteiger partial charge in [-0.2, -0.15) is 10.5 Å². The molecule has 0 bridgehead atoms. The van der Waals surface area contributed by atoms with Crippen LogP contribution in [0.1, 0.15) is 10.4 Å². The highest BCUT2D eigenvalue weighted by Gasteiger charge is 2.21. The molecule has 0 aliphatic carbocycles. The lowest BCUT2D eigenvalue weighted by Crippen LogP contribution is -2.43. The van der Waals surface area contributed by atoms with Crippen LogP contribution in [0.4, 0.5) is 10.7 Å². The van der Waals surface area contributed by atoms with Gasteiger partial charge in [0.1, 0.15) is 27.6 Å². The van der Waals surface area contributed by atoms with E-state index in [0.717, 1.165) is 31.2 Å². The predicted molar refractivity (Wildman–Crippen MR) is 63.2 cm³/mol. The lowest BCUT2D eigenvalue weighted by Gasteiger charge is -2.28. The zero-order valence-electron chi connectivity index (χ0n) is 8.66. The number of rotatable bonds is 1. The first-order valence-electron chi connectivity index (χ1n) is 4.96. The first-order chi connectivity index (χ1) is 7.77. The lowest BCUT2D eigenvalue weighted by atomic mass is 10.2. The van der Waals surface area contributed by atoms with Gasteiger partial charge >= 0.3 is 0 Å². The normalized spacial score (nSPS) is 15.5. The van der Waals surface area contributed by atoms with Crippen LogP contribution in [0, 0.1) is 22.7 Å². The highest BCUT2D eigenvalue weighted by molar-refractivity contribution is 7.17. The molecule has 16 heavy (non-hydrogen) atoms. The molecule has 2 heterocycles. The third-order valence-electron chi connectivity index (χ3n) is 2.54. The molecule has 2 rings (SSSR count). The van der Waals surface area contributed by atoms with Crippen molar-refractivity contribution in [2.24, 2.45) is 0 Å². The Morgan fingerprint density at radius 1 is 1.25 bits per heavy atom. The Kier molecular flexibility index (Phi) is 2.95. The molecule has 5 nitrogen and oxygen atoms in total. The molecule has 0 radical (unpaired) electrons. The van der Waals surface area contributed by atoms with E-state index in [0.29, 0.717) is 16.1 Å². The quantitative estimate of drug-likeness (QED) is 0.736. The second-order valence-electron chi connectivity index (χ2n) is 3.49. The van der Waals surface area contributed by atoms with Crippen molar-refractivity contribution in [2.45, 2.75) is 0 Å². The fraction of sp³-hybridized carbons (Fsp3) is 0.400. The van der Waals surface area contributed by atoms with Crippen molar-refractivity contribution in [3.05, 3.63) is 10.4 Å². The molecule has 0 atom stereocenters. The lowest BCUT2D eigenvalue weighted by molar-refractivity contribution is 0.591. The van der Waals surface area contributed by atoms with Gasteiger partial charge in [-0.3, -0.25) is 0 Å². The summed E-state index contributed by atoms with van der Waals surface area (Å²) >= 11 is 1.31. The molecule has 1 fully saturated rings. The summed E-state index contributed by atoms with van der Waals surface area (Å²) in [5.41, 5.74) is 6.53. The summed E-state index contributed by atoms with van der Waals surface area (Å²) in [6.07, 6.45) is 0. The molecule has 1 aliphatic heterocycles. The largest absolute Gasteiger partial charge is 0.396 e. The average Bonchev–Trinajstić information content (AvgIpc) is 2.66. The van der Waals surface area contributed by atoms with Crippen LogP contribution in [-0.4, -0.2) is 26.2 Å². The summed E-state index contributed by atoms with van der Waals surface area (Å²) in [5, 5.41) is 22.0. The molecule has 1 aromatic heterocycles. The minimum atomic E-state index is 0.323. The summed E-state index contributed by atoms with van der Waals surface area (Å²) in [5.74, 6) is 0. The SMILES string of the molecule is N#Cc1sc(N2CCNCC2)c(C#N)c1N. The predicted octanol–water partition coefficient (Wildman–Crippen LogP) is 0.483. The molecule has 0 saturated carbocycles. The Labute approximate surface area is 97.7 Å². The average molecular weight is 233 g/mol. The van der Waals surface area contributed by atoms with Crippen molar-refractivity contribution in [1.82, 2.24) is 5.32 Å². The number of hydrogen-bond donors (Lipinski definition) is 2. The van der Waals surface area contributed by atoms with Gasteiger partial charge in [0.2, 0.25) is 0 Å². The number of nitrogen functional groups attached to an aromatic ring is 1. The van der Waals surface area contributed by atoms with Gasteiger partial charge in [-0.15, -0.1) is 11.3 Å². The first kappa shape index (κ1) is 10.7. The van der Waals surface area contributed by atoms with Crippen LogP contribution in [0.3, 0.4) is 0 Å². The minimum absolute atomic E-state index is 0.323. The van der Waals surface area contributed by atoms with Crippen LogP contribution in [0.25, 0.3) is 0 Å². The third-order valence-corrected chi connectivity index (χ3v) is 3.72. The van der Waals surface area contributed by atoms with E-state index >= 15 is 0 Å². The molecule has 0 aromatic carbocycles. The maximum absolute atomic E-state index is 9.06. The molecular formula is C10H11N5S. The summed E-state index contributed by atoms with van der Waals surface area (Å²) in [7, 11) is 0. The fourth-order valence-corrected chi connectivity index (χ4v) is 2.73. The molecule has 1 aliphatic rings. The van der Waals surface area contributed by atoms with Crippen molar-refractivity contribution in [3.63, 3.8) is 0 Å². The highest BCUT2D eigenvalue weighted by Crippen LogP contribution is 2.37.